The maximum Gasteiger partial charge on any atom is 0.408 e. The molecule has 0 spiro atoms. The molecule has 1 amide bonds. The average Bonchev–Trinajstić information content (AvgIpc) is 1.59. The van der Waals surface area contributed by atoms with Gasteiger partial charge in [-0.2, -0.15) is 0 Å². The van der Waals surface area contributed by atoms with Crippen molar-refractivity contribution >= 4 is 6.09 Å². The number of carboxylic acid groups (broad SMARTS) is 1. The molecule has 0 heterocycles. The molecule has 0 unspecified atom stereocenters. The summed E-state index contributed by atoms with van der Waals surface area (Å²) in [6, 6.07) is 0. The SMILES string of the molecule is CC(C)(C)C=CNC(=O)O. The third-order valence-corrected chi connectivity index (χ3v) is 0.790. The quantitative estimate of drug-likeness (QED) is 0.588. The molecular formula is C7H13NO2. The third-order valence-electron chi connectivity index (χ3n) is 0.790. The molecule has 0 rings (SSSR count). The van der Waals surface area contributed by atoms with Crippen LogP contribution in [0.15, 0.2) is 12.3 Å². The van der Waals surface area contributed by atoms with E-state index in [0.717, 1.165) is 0 Å². The third kappa shape index (κ3) is 7.01. The predicted molar refractivity (Wildman–Crippen MR) is 39.8 cm³/mol. The molecule has 0 aromatic heterocycles. The lowest BCUT2D eigenvalue weighted by Crippen LogP contribution is -2.14. The van der Waals surface area contributed by atoms with Gasteiger partial charge in [-0.15, -0.1) is 0 Å². The fourth-order valence-corrected chi connectivity index (χ4v) is 0.363. The van der Waals surface area contributed by atoms with Gasteiger partial charge in [0.2, 0.25) is 0 Å². The van der Waals surface area contributed by atoms with Crippen molar-refractivity contribution in [2.24, 2.45) is 5.41 Å². The molecule has 0 radical (unpaired) electrons. The fraction of sp³-hybridized carbons (Fsp3) is 0.571. The largest absolute Gasteiger partial charge is 0.465 e. The molecule has 3 nitrogen and oxygen atoms in total. The van der Waals surface area contributed by atoms with E-state index in [0.29, 0.717) is 0 Å². The van der Waals surface area contributed by atoms with Crippen molar-refractivity contribution < 1.29 is 9.90 Å². The normalized spacial score (nSPS) is 11.9. The highest BCUT2D eigenvalue weighted by molar-refractivity contribution is 5.65. The van der Waals surface area contributed by atoms with E-state index in [1.807, 2.05) is 20.8 Å². The van der Waals surface area contributed by atoms with E-state index in [-0.39, 0.29) is 5.41 Å². The van der Waals surface area contributed by atoms with E-state index < -0.39 is 6.09 Å². The van der Waals surface area contributed by atoms with Crippen LogP contribution in [0.1, 0.15) is 20.8 Å². The van der Waals surface area contributed by atoms with E-state index in [1.54, 1.807) is 6.08 Å². The fourth-order valence-electron chi connectivity index (χ4n) is 0.363. The van der Waals surface area contributed by atoms with Crippen molar-refractivity contribution in [3.63, 3.8) is 0 Å². The molecule has 0 aliphatic heterocycles. The zero-order valence-electron chi connectivity index (χ0n) is 6.51. The lowest BCUT2D eigenvalue weighted by Gasteiger charge is -2.10. The zero-order valence-corrected chi connectivity index (χ0v) is 6.51. The molecule has 0 fully saturated rings. The van der Waals surface area contributed by atoms with Gasteiger partial charge in [-0.05, 0) is 5.41 Å². The Morgan fingerprint density at radius 1 is 1.50 bits per heavy atom. The molecule has 58 valence electrons. The molecule has 0 saturated carbocycles. The summed E-state index contributed by atoms with van der Waals surface area (Å²) >= 11 is 0. The first-order chi connectivity index (χ1) is 4.42. The van der Waals surface area contributed by atoms with Crippen molar-refractivity contribution in [3.8, 4) is 0 Å². The van der Waals surface area contributed by atoms with E-state index in [2.05, 4.69) is 5.32 Å². The Balaban J connectivity index is 3.67. The van der Waals surface area contributed by atoms with Crippen LogP contribution in [-0.4, -0.2) is 11.2 Å². The number of carbonyl (C=O) groups is 1. The minimum absolute atomic E-state index is 0.0302. The molecule has 0 saturated heterocycles. The molecular weight excluding hydrogens is 130 g/mol. The average molecular weight is 143 g/mol. The van der Waals surface area contributed by atoms with Gasteiger partial charge in [-0.25, -0.2) is 4.79 Å². The number of amides is 1. The van der Waals surface area contributed by atoms with E-state index in [9.17, 15) is 4.79 Å². The molecule has 0 aliphatic rings. The van der Waals surface area contributed by atoms with E-state index in [1.165, 1.54) is 6.20 Å². The monoisotopic (exact) mass is 143 g/mol. The van der Waals surface area contributed by atoms with Crippen LogP contribution in [0.5, 0.6) is 0 Å². The van der Waals surface area contributed by atoms with Gasteiger partial charge in [0, 0.05) is 6.20 Å². The lowest BCUT2D eigenvalue weighted by molar-refractivity contribution is 0.198. The second-order valence-electron chi connectivity index (χ2n) is 3.15. The molecule has 2 N–H and O–H groups in total. The Bertz CT molecular complexity index is 144. The standard InChI is InChI=1S/C7H13NO2/c1-7(2,3)4-5-8-6(9)10/h4-5,8H,1-3H3,(H,9,10). The van der Waals surface area contributed by atoms with E-state index >= 15 is 0 Å². The lowest BCUT2D eigenvalue weighted by atomic mass is 9.97. The Morgan fingerprint density at radius 3 is 2.30 bits per heavy atom. The molecule has 0 aromatic carbocycles. The van der Waals surface area contributed by atoms with Crippen molar-refractivity contribution in [2.75, 3.05) is 0 Å². The highest BCUT2D eigenvalue weighted by Crippen LogP contribution is 2.13. The summed E-state index contributed by atoms with van der Waals surface area (Å²) in [4.78, 5) is 9.92. The zero-order chi connectivity index (χ0) is 8.20. The number of rotatable bonds is 1. The first-order valence-corrected chi connectivity index (χ1v) is 3.09. The van der Waals surface area contributed by atoms with Crippen LogP contribution in [0.4, 0.5) is 4.79 Å². The first-order valence-electron chi connectivity index (χ1n) is 3.09. The van der Waals surface area contributed by atoms with Crippen LogP contribution in [0.3, 0.4) is 0 Å². The molecule has 0 atom stereocenters. The van der Waals surface area contributed by atoms with Gasteiger partial charge in [0.1, 0.15) is 0 Å². The minimum Gasteiger partial charge on any atom is -0.465 e. The first kappa shape index (κ1) is 9.01. The van der Waals surface area contributed by atoms with Gasteiger partial charge in [-0.3, -0.25) is 5.32 Å². The minimum atomic E-state index is -1.03. The Hall–Kier alpha value is -0.990. The van der Waals surface area contributed by atoms with Gasteiger partial charge in [0.15, 0.2) is 0 Å². The summed E-state index contributed by atoms with van der Waals surface area (Å²) in [5.41, 5.74) is 0.0302. The number of allylic oxidation sites excluding steroid dienone is 1. The van der Waals surface area contributed by atoms with Gasteiger partial charge in [-0.1, -0.05) is 26.8 Å². The van der Waals surface area contributed by atoms with Gasteiger partial charge in [0.25, 0.3) is 0 Å². The van der Waals surface area contributed by atoms with Crippen LogP contribution in [0, 0.1) is 5.41 Å². The van der Waals surface area contributed by atoms with Crippen LogP contribution >= 0.6 is 0 Å². The summed E-state index contributed by atoms with van der Waals surface area (Å²) in [5.74, 6) is 0. The predicted octanol–water partition coefficient (Wildman–Crippen LogP) is 1.81. The summed E-state index contributed by atoms with van der Waals surface area (Å²) in [7, 11) is 0. The number of nitrogens with one attached hydrogen (secondary N) is 1. The van der Waals surface area contributed by atoms with Gasteiger partial charge in [0.05, 0.1) is 0 Å². The summed E-state index contributed by atoms with van der Waals surface area (Å²) in [6.07, 6.45) is 2.20. The van der Waals surface area contributed by atoms with Crippen LogP contribution in [-0.2, 0) is 0 Å². The summed E-state index contributed by atoms with van der Waals surface area (Å²) < 4.78 is 0. The molecule has 0 bridgehead atoms. The second-order valence-corrected chi connectivity index (χ2v) is 3.15. The molecule has 10 heavy (non-hydrogen) atoms. The van der Waals surface area contributed by atoms with Crippen molar-refractivity contribution in [3.05, 3.63) is 12.3 Å². The van der Waals surface area contributed by atoms with Crippen LogP contribution in [0.2, 0.25) is 0 Å². The Morgan fingerprint density at radius 2 is 2.00 bits per heavy atom. The van der Waals surface area contributed by atoms with Crippen molar-refractivity contribution in [1.29, 1.82) is 0 Å². The maximum absolute atomic E-state index is 9.92. The summed E-state index contributed by atoms with van der Waals surface area (Å²) in [6.45, 7) is 5.98. The van der Waals surface area contributed by atoms with Crippen molar-refractivity contribution in [2.45, 2.75) is 20.8 Å². The smallest absolute Gasteiger partial charge is 0.408 e. The summed E-state index contributed by atoms with van der Waals surface area (Å²) in [5, 5.41) is 10.3. The topological polar surface area (TPSA) is 49.3 Å². The highest BCUT2D eigenvalue weighted by atomic mass is 16.4. The van der Waals surface area contributed by atoms with Gasteiger partial charge >= 0.3 is 6.09 Å². The van der Waals surface area contributed by atoms with Gasteiger partial charge < -0.3 is 5.11 Å². The molecule has 3 heteroatoms. The number of hydrogen-bond acceptors (Lipinski definition) is 1. The van der Waals surface area contributed by atoms with Crippen molar-refractivity contribution in [1.82, 2.24) is 5.32 Å². The second kappa shape index (κ2) is 3.25. The van der Waals surface area contributed by atoms with Crippen LogP contribution < -0.4 is 5.32 Å². The van der Waals surface area contributed by atoms with Crippen LogP contribution in [0.25, 0.3) is 0 Å². The highest BCUT2D eigenvalue weighted by Gasteiger charge is 2.02. The maximum atomic E-state index is 9.92. The molecule has 0 aromatic rings. The van der Waals surface area contributed by atoms with E-state index in [4.69, 9.17) is 5.11 Å². The number of hydrogen-bond donors (Lipinski definition) is 2. The Kier molecular flexibility index (Phi) is 2.93. The molecule has 0 aliphatic carbocycles. The Labute approximate surface area is 60.7 Å².